The zero-order valence-corrected chi connectivity index (χ0v) is 14.5. The van der Waals surface area contributed by atoms with E-state index in [9.17, 15) is 0 Å². The first-order chi connectivity index (χ1) is 12.7. The normalized spacial score (nSPS) is 10.8. The summed E-state index contributed by atoms with van der Waals surface area (Å²) in [6.45, 7) is 2.27. The van der Waals surface area contributed by atoms with Crippen LogP contribution in [0.4, 0.5) is 0 Å². The van der Waals surface area contributed by atoms with Crippen LogP contribution in [-0.2, 0) is 6.54 Å². The van der Waals surface area contributed by atoms with Crippen LogP contribution in [0.2, 0.25) is 0 Å². The Balaban J connectivity index is 1.57. The first-order valence-corrected chi connectivity index (χ1v) is 8.17. The summed E-state index contributed by atoms with van der Waals surface area (Å²) in [6, 6.07) is 17.3. The topological polar surface area (TPSA) is 78.9 Å². The number of hydrogen-bond donors (Lipinski definition) is 0. The second-order valence-electron chi connectivity index (χ2n) is 5.76. The van der Waals surface area contributed by atoms with E-state index in [0.717, 1.165) is 28.3 Å². The van der Waals surface area contributed by atoms with Crippen LogP contribution in [0.3, 0.4) is 0 Å². The Morgan fingerprint density at radius 1 is 1.04 bits per heavy atom. The van der Waals surface area contributed by atoms with Crippen molar-refractivity contribution in [2.24, 2.45) is 0 Å². The van der Waals surface area contributed by atoms with Crippen molar-refractivity contribution in [1.29, 1.82) is 0 Å². The highest BCUT2D eigenvalue weighted by molar-refractivity contribution is 5.56. The van der Waals surface area contributed by atoms with E-state index in [-0.39, 0.29) is 0 Å². The fourth-order valence-electron chi connectivity index (χ4n) is 2.60. The molecule has 2 heterocycles. The van der Waals surface area contributed by atoms with Crippen molar-refractivity contribution in [1.82, 2.24) is 25.2 Å². The Bertz CT molecular complexity index is 1020. The molecule has 4 aromatic rings. The van der Waals surface area contributed by atoms with Gasteiger partial charge in [0.15, 0.2) is 0 Å². The summed E-state index contributed by atoms with van der Waals surface area (Å²) in [5.74, 6) is 2.61. The monoisotopic (exact) mass is 347 g/mol. The van der Waals surface area contributed by atoms with Crippen LogP contribution in [0.1, 0.15) is 11.5 Å². The highest BCUT2D eigenvalue weighted by Crippen LogP contribution is 2.22. The Kier molecular flexibility index (Phi) is 4.18. The maximum atomic E-state index is 5.78. The van der Waals surface area contributed by atoms with E-state index in [1.807, 2.05) is 61.5 Å². The molecule has 0 aliphatic carbocycles. The molecule has 7 nitrogen and oxygen atoms in total. The summed E-state index contributed by atoms with van der Waals surface area (Å²) < 4.78 is 11.0. The zero-order valence-electron chi connectivity index (χ0n) is 14.5. The average Bonchev–Trinajstić information content (AvgIpc) is 3.30. The Morgan fingerprint density at radius 2 is 1.85 bits per heavy atom. The minimum absolute atomic E-state index is 0.388. The van der Waals surface area contributed by atoms with Crippen molar-refractivity contribution in [2.45, 2.75) is 13.5 Å². The van der Waals surface area contributed by atoms with Crippen LogP contribution in [0.25, 0.3) is 22.8 Å². The van der Waals surface area contributed by atoms with Gasteiger partial charge in [-0.05, 0) is 36.4 Å². The van der Waals surface area contributed by atoms with Gasteiger partial charge in [-0.1, -0.05) is 30.3 Å². The first-order valence-electron chi connectivity index (χ1n) is 8.17. The molecule has 0 saturated heterocycles. The number of ether oxygens (including phenoxy) is 1. The van der Waals surface area contributed by atoms with Crippen molar-refractivity contribution in [3.05, 3.63) is 66.1 Å². The molecule has 2 aromatic carbocycles. The Morgan fingerprint density at radius 3 is 2.65 bits per heavy atom. The summed E-state index contributed by atoms with van der Waals surface area (Å²) in [5.41, 5.74) is 2.56. The van der Waals surface area contributed by atoms with Crippen LogP contribution in [0.5, 0.6) is 5.75 Å². The molecule has 0 aliphatic heterocycles. The zero-order chi connectivity index (χ0) is 17.9. The van der Waals surface area contributed by atoms with Gasteiger partial charge < -0.3 is 9.15 Å². The standard InChI is InChI=1S/C19H17N5O2/c1-13-17(20-19(26-13)14-7-4-3-5-8-14)12-24-22-18(21-23-24)15-9-6-10-16(11-15)25-2/h3-11H,12H2,1-2H3. The lowest BCUT2D eigenvalue weighted by Crippen LogP contribution is -2.05. The summed E-state index contributed by atoms with van der Waals surface area (Å²) >= 11 is 0. The lowest BCUT2D eigenvalue weighted by Gasteiger charge is -2.00. The SMILES string of the molecule is COc1cccc(-c2nnn(Cc3nc(-c4ccccc4)oc3C)n2)c1. The van der Waals surface area contributed by atoms with E-state index < -0.39 is 0 Å². The maximum Gasteiger partial charge on any atom is 0.226 e. The summed E-state index contributed by atoms with van der Waals surface area (Å²) in [6.07, 6.45) is 0. The van der Waals surface area contributed by atoms with Gasteiger partial charge in [0.25, 0.3) is 0 Å². The number of benzene rings is 2. The van der Waals surface area contributed by atoms with E-state index in [2.05, 4.69) is 20.4 Å². The van der Waals surface area contributed by atoms with Crippen LogP contribution >= 0.6 is 0 Å². The summed E-state index contributed by atoms with van der Waals surface area (Å²) in [4.78, 5) is 6.08. The predicted molar refractivity (Wildman–Crippen MR) is 95.6 cm³/mol. The second kappa shape index (κ2) is 6.79. The quantitative estimate of drug-likeness (QED) is 0.551. The van der Waals surface area contributed by atoms with Gasteiger partial charge in [0.1, 0.15) is 23.7 Å². The van der Waals surface area contributed by atoms with Crippen LogP contribution in [-0.4, -0.2) is 32.3 Å². The molecule has 0 bridgehead atoms. The van der Waals surface area contributed by atoms with Gasteiger partial charge in [0, 0.05) is 11.1 Å². The lowest BCUT2D eigenvalue weighted by molar-refractivity contribution is 0.415. The van der Waals surface area contributed by atoms with Crippen LogP contribution in [0, 0.1) is 6.92 Å². The minimum Gasteiger partial charge on any atom is -0.497 e. The van der Waals surface area contributed by atoms with Crippen molar-refractivity contribution >= 4 is 0 Å². The number of tetrazole rings is 1. The molecule has 0 fully saturated rings. The van der Waals surface area contributed by atoms with Crippen molar-refractivity contribution in [3.63, 3.8) is 0 Å². The fourth-order valence-corrected chi connectivity index (χ4v) is 2.60. The first kappa shape index (κ1) is 16.0. The highest BCUT2D eigenvalue weighted by Gasteiger charge is 2.14. The molecule has 0 aliphatic rings. The van der Waals surface area contributed by atoms with Gasteiger partial charge in [-0.25, -0.2) is 4.98 Å². The number of methoxy groups -OCH3 is 1. The Labute approximate surface area is 150 Å². The number of hydrogen-bond acceptors (Lipinski definition) is 6. The maximum absolute atomic E-state index is 5.78. The molecule has 0 atom stereocenters. The largest absolute Gasteiger partial charge is 0.497 e. The molecular weight excluding hydrogens is 330 g/mol. The molecule has 0 N–H and O–H groups in total. The number of aromatic nitrogens is 5. The van der Waals surface area contributed by atoms with Gasteiger partial charge >= 0.3 is 0 Å². The summed E-state index contributed by atoms with van der Waals surface area (Å²) in [7, 11) is 1.63. The van der Waals surface area contributed by atoms with Crippen LogP contribution in [0.15, 0.2) is 59.0 Å². The van der Waals surface area contributed by atoms with Gasteiger partial charge in [-0.3, -0.25) is 0 Å². The van der Waals surface area contributed by atoms with E-state index in [0.29, 0.717) is 18.3 Å². The number of oxazole rings is 1. The molecule has 26 heavy (non-hydrogen) atoms. The molecule has 4 rings (SSSR count). The number of aryl methyl sites for hydroxylation is 1. The third kappa shape index (κ3) is 3.19. The van der Waals surface area contributed by atoms with E-state index in [1.54, 1.807) is 7.11 Å². The van der Waals surface area contributed by atoms with Crippen molar-refractivity contribution < 1.29 is 9.15 Å². The molecular formula is C19H17N5O2. The van der Waals surface area contributed by atoms with E-state index in [1.165, 1.54) is 4.80 Å². The third-order valence-corrected chi connectivity index (χ3v) is 3.99. The summed E-state index contributed by atoms with van der Waals surface area (Å²) in [5, 5.41) is 12.7. The van der Waals surface area contributed by atoms with Gasteiger partial charge in [-0.2, -0.15) is 4.80 Å². The van der Waals surface area contributed by atoms with Gasteiger partial charge in [0.05, 0.1) is 7.11 Å². The van der Waals surface area contributed by atoms with Crippen LogP contribution < -0.4 is 4.74 Å². The number of rotatable bonds is 5. The van der Waals surface area contributed by atoms with Gasteiger partial charge in [-0.15, -0.1) is 10.2 Å². The smallest absolute Gasteiger partial charge is 0.226 e. The van der Waals surface area contributed by atoms with Crippen molar-refractivity contribution in [3.8, 4) is 28.6 Å². The lowest BCUT2D eigenvalue weighted by atomic mass is 10.2. The molecule has 0 radical (unpaired) electrons. The van der Waals surface area contributed by atoms with Gasteiger partial charge in [0.2, 0.25) is 11.7 Å². The molecule has 0 unspecified atom stereocenters. The molecule has 7 heteroatoms. The van der Waals surface area contributed by atoms with Crippen molar-refractivity contribution in [2.75, 3.05) is 7.11 Å². The predicted octanol–water partition coefficient (Wildman–Crippen LogP) is 3.36. The minimum atomic E-state index is 0.388. The highest BCUT2D eigenvalue weighted by atomic mass is 16.5. The molecule has 0 spiro atoms. The Hall–Kier alpha value is -3.48. The molecule has 0 amide bonds. The fraction of sp³-hybridized carbons (Fsp3) is 0.158. The van der Waals surface area contributed by atoms with E-state index >= 15 is 0 Å². The molecule has 2 aromatic heterocycles. The molecule has 130 valence electrons. The number of nitrogens with zero attached hydrogens (tertiary/aromatic N) is 5. The van der Waals surface area contributed by atoms with E-state index in [4.69, 9.17) is 9.15 Å². The average molecular weight is 347 g/mol. The second-order valence-corrected chi connectivity index (χ2v) is 5.76. The third-order valence-electron chi connectivity index (χ3n) is 3.99. The molecule has 0 saturated carbocycles.